The van der Waals surface area contributed by atoms with Crippen LogP contribution in [-0.4, -0.2) is 43.9 Å². The van der Waals surface area contributed by atoms with Crippen molar-refractivity contribution in [3.63, 3.8) is 0 Å². The van der Waals surface area contributed by atoms with Crippen LogP contribution in [0.2, 0.25) is 0 Å². The van der Waals surface area contributed by atoms with Gasteiger partial charge in [0.05, 0.1) is 16.7 Å². The predicted molar refractivity (Wildman–Crippen MR) is 126 cm³/mol. The number of Topliss-reactive ketones (excluding diaryl/α,β-unsaturated/α-hetero) is 1. The Balaban J connectivity index is 2.30. The molecular formula is C26H30O9. The van der Waals surface area contributed by atoms with Crippen molar-refractivity contribution in [3.8, 4) is 34.5 Å². The number of carbonyl (C=O) groups excluding carboxylic acids is 3. The summed E-state index contributed by atoms with van der Waals surface area (Å²) in [6, 6.07) is 0. The average molecular weight is 487 g/mol. The van der Waals surface area contributed by atoms with Crippen LogP contribution in [0.4, 0.5) is 0 Å². The van der Waals surface area contributed by atoms with Gasteiger partial charge in [-0.25, -0.2) is 0 Å². The molecule has 0 saturated heterocycles. The highest BCUT2D eigenvalue weighted by molar-refractivity contribution is 6.05. The van der Waals surface area contributed by atoms with Gasteiger partial charge in [-0.1, -0.05) is 27.7 Å². The third-order valence-electron chi connectivity index (χ3n) is 6.59. The van der Waals surface area contributed by atoms with E-state index in [0.717, 1.165) is 0 Å². The SMILES string of the molecule is Cc1c(O)c(C=O)c(O)c([C@H]2Oc3c(C=O)c(O)c(C(=O)CC(C)C)c(O)c3C[C@@H]2C(C)C)c1O. The number of ether oxygens (including phenoxy) is 1. The summed E-state index contributed by atoms with van der Waals surface area (Å²) in [6.07, 6.45) is -0.441. The maximum Gasteiger partial charge on any atom is 0.170 e. The van der Waals surface area contributed by atoms with Gasteiger partial charge >= 0.3 is 0 Å². The minimum Gasteiger partial charge on any atom is -0.507 e. The van der Waals surface area contributed by atoms with Gasteiger partial charge in [-0.15, -0.1) is 0 Å². The Hall–Kier alpha value is -3.75. The van der Waals surface area contributed by atoms with E-state index in [1.54, 1.807) is 13.8 Å². The van der Waals surface area contributed by atoms with Gasteiger partial charge in [0.25, 0.3) is 0 Å². The van der Waals surface area contributed by atoms with Crippen LogP contribution in [-0.2, 0) is 6.42 Å². The fraction of sp³-hybridized carbons (Fsp3) is 0.423. The van der Waals surface area contributed by atoms with E-state index in [0.29, 0.717) is 6.29 Å². The highest BCUT2D eigenvalue weighted by atomic mass is 16.5. The number of fused-ring (bicyclic) bond motifs is 1. The first kappa shape index (κ1) is 25.9. The molecule has 0 spiro atoms. The lowest BCUT2D eigenvalue weighted by atomic mass is 9.77. The van der Waals surface area contributed by atoms with E-state index in [-0.39, 0.29) is 64.5 Å². The van der Waals surface area contributed by atoms with Crippen LogP contribution in [0.5, 0.6) is 34.5 Å². The molecule has 35 heavy (non-hydrogen) atoms. The van der Waals surface area contributed by atoms with Gasteiger partial charge in [-0.3, -0.25) is 14.4 Å². The second kappa shape index (κ2) is 9.48. The van der Waals surface area contributed by atoms with Crippen molar-refractivity contribution in [2.45, 2.75) is 53.6 Å². The van der Waals surface area contributed by atoms with Gasteiger partial charge < -0.3 is 30.3 Å². The first-order valence-corrected chi connectivity index (χ1v) is 11.3. The zero-order chi connectivity index (χ0) is 26.4. The van der Waals surface area contributed by atoms with E-state index in [1.165, 1.54) is 6.92 Å². The van der Waals surface area contributed by atoms with Gasteiger partial charge in [-0.05, 0) is 25.2 Å². The van der Waals surface area contributed by atoms with Gasteiger partial charge in [-0.2, -0.15) is 0 Å². The monoisotopic (exact) mass is 486 g/mol. The van der Waals surface area contributed by atoms with Crippen molar-refractivity contribution in [2.24, 2.45) is 17.8 Å². The summed E-state index contributed by atoms with van der Waals surface area (Å²) in [5.41, 5.74) is -1.18. The van der Waals surface area contributed by atoms with E-state index in [1.807, 2.05) is 13.8 Å². The van der Waals surface area contributed by atoms with Gasteiger partial charge in [0.1, 0.15) is 46.2 Å². The molecule has 188 valence electrons. The number of carbonyl (C=O) groups is 3. The van der Waals surface area contributed by atoms with E-state index < -0.39 is 52.1 Å². The normalized spacial score (nSPS) is 17.2. The van der Waals surface area contributed by atoms with Crippen LogP contribution in [0, 0.1) is 24.7 Å². The summed E-state index contributed by atoms with van der Waals surface area (Å²) in [5.74, 6) is -4.38. The molecule has 2 aromatic rings. The second-order valence-corrected chi connectivity index (χ2v) is 9.70. The van der Waals surface area contributed by atoms with E-state index in [9.17, 15) is 39.9 Å². The minimum atomic E-state index is -1.12. The standard InChI is InChI=1S/C26H30O9/c1-10(2)6-17(29)18-22(32)14-7-13(11(3)4)26(35-25(14)16(9-28)24(18)34)19-21(31)12(5)20(30)15(8-27)23(19)33/h8-11,13,26,30-34H,6-7H2,1-5H3/t13-,26+/m1/s1. The average Bonchev–Trinajstić information content (AvgIpc) is 2.77. The molecule has 0 bridgehead atoms. The lowest BCUT2D eigenvalue weighted by Gasteiger charge is -2.38. The smallest absolute Gasteiger partial charge is 0.170 e. The Labute approximate surface area is 202 Å². The molecule has 2 atom stereocenters. The molecule has 0 aromatic heterocycles. The predicted octanol–water partition coefficient (Wildman–Crippen LogP) is 4.33. The molecular weight excluding hydrogens is 456 g/mol. The number of phenolic OH excluding ortho intramolecular Hbond substituents is 5. The summed E-state index contributed by atoms with van der Waals surface area (Å²) in [5, 5.41) is 53.5. The number of hydrogen-bond acceptors (Lipinski definition) is 9. The number of aromatic hydroxyl groups is 5. The van der Waals surface area contributed by atoms with Gasteiger partial charge in [0.2, 0.25) is 0 Å². The van der Waals surface area contributed by atoms with E-state index >= 15 is 0 Å². The lowest BCUT2D eigenvalue weighted by molar-refractivity contribution is 0.0768. The van der Waals surface area contributed by atoms with E-state index in [2.05, 4.69) is 0 Å². The Morgan fingerprint density at radius 2 is 1.51 bits per heavy atom. The first-order chi connectivity index (χ1) is 16.4. The van der Waals surface area contributed by atoms with Crippen LogP contribution < -0.4 is 4.74 Å². The third kappa shape index (κ3) is 4.15. The molecule has 1 aliphatic rings. The fourth-order valence-corrected chi connectivity index (χ4v) is 4.63. The molecule has 0 saturated carbocycles. The largest absolute Gasteiger partial charge is 0.507 e. The minimum absolute atomic E-state index is 0.0400. The molecule has 0 unspecified atom stereocenters. The molecule has 5 N–H and O–H groups in total. The molecule has 0 radical (unpaired) electrons. The van der Waals surface area contributed by atoms with Crippen LogP contribution in [0.15, 0.2) is 0 Å². The van der Waals surface area contributed by atoms with Crippen molar-refractivity contribution in [3.05, 3.63) is 33.4 Å². The molecule has 3 rings (SSSR count). The second-order valence-electron chi connectivity index (χ2n) is 9.70. The third-order valence-corrected chi connectivity index (χ3v) is 6.59. The molecule has 1 aliphatic heterocycles. The highest BCUT2D eigenvalue weighted by Crippen LogP contribution is 2.54. The van der Waals surface area contributed by atoms with Crippen molar-refractivity contribution >= 4 is 18.4 Å². The molecule has 2 aromatic carbocycles. The van der Waals surface area contributed by atoms with Crippen molar-refractivity contribution < 1.29 is 44.7 Å². The van der Waals surface area contributed by atoms with Crippen LogP contribution >= 0.6 is 0 Å². The topological polar surface area (TPSA) is 162 Å². The Kier molecular flexibility index (Phi) is 7.01. The lowest BCUT2D eigenvalue weighted by Crippen LogP contribution is -2.31. The van der Waals surface area contributed by atoms with Crippen LogP contribution in [0.25, 0.3) is 0 Å². The Morgan fingerprint density at radius 1 is 0.914 bits per heavy atom. The Morgan fingerprint density at radius 3 is 2.03 bits per heavy atom. The van der Waals surface area contributed by atoms with E-state index in [4.69, 9.17) is 4.74 Å². The maximum atomic E-state index is 12.8. The number of aldehydes is 2. The number of hydrogen-bond donors (Lipinski definition) is 5. The molecule has 1 heterocycles. The van der Waals surface area contributed by atoms with Crippen LogP contribution in [0.3, 0.4) is 0 Å². The highest BCUT2D eigenvalue weighted by Gasteiger charge is 2.42. The molecule has 0 amide bonds. The number of benzene rings is 2. The molecule has 9 heteroatoms. The number of ketones is 1. The van der Waals surface area contributed by atoms with Crippen molar-refractivity contribution in [1.29, 1.82) is 0 Å². The molecule has 0 fully saturated rings. The summed E-state index contributed by atoms with van der Waals surface area (Å²) >= 11 is 0. The van der Waals surface area contributed by atoms with Crippen molar-refractivity contribution in [1.82, 2.24) is 0 Å². The van der Waals surface area contributed by atoms with Crippen LogP contribution in [0.1, 0.15) is 88.0 Å². The summed E-state index contributed by atoms with van der Waals surface area (Å²) in [4.78, 5) is 36.3. The summed E-state index contributed by atoms with van der Waals surface area (Å²) < 4.78 is 6.07. The maximum absolute atomic E-state index is 12.8. The molecule has 0 aliphatic carbocycles. The van der Waals surface area contributed by atoms with Gasteiger partial charge in [0.15, 0.2) is 18.4 Å². The fourth-order valence-electron chi connectivity index (χ4n) is 4.63. The zero-order valence-corrected chi connectivity index (χ0v) is 20.2. The Bertz CT molecular complexity index is 1210. The van der Waals surface area contributed by atoms with Crippen molar-refractivity contribution in [2.75, 3.05) is 0 Å². The van der Waals surface area contributed by atoms with Gasteiger partial charge in [0, 0.05) is 23.5 Å². The first-order valence-electron chi connectivity index (χ1n) is 11.3. The quantitative estimate of drug-likeness (QED) is 0.283. The molecule has 9 nitrogen and oxygen atoms in total. The summed E-state index contributed by atoms with van der Waals surface area (Å²) in [7, 11) is 0. The number of rotatable bonds is 7. The number of phenols is 5. The zero-order valence-electron chi connectivity index (χ0n) is 20.2. The summed E-state index contributed by atoms with van der Waals surface area (Å²) in [6.45, 7) is 8.66.